The summed E-state index contributed by atoms with van der Waals surface area (Å²) in [7, 11) is 0. The molecule has 1 aromatic carbocycles. The first-order valence-corrected chi connectivity index (χ1v) is 8.19. The number of aliphatic hydroxyl groups is 1. The molecule has 2 aromatic rings. The molecule has 114 valence electrons. The molecule has 0 radical (unpaired) electrons. The number of nitrogens with zero attached hydrogens (tertiary/aromatic N) is 3. The minimum absolute atomic E-state index is 0.262. The van der Waals surface area contributed by atoms with Crippen LogP contribution in [0.4, 0.5) is 10.7 Å². The highest BCUT2D eigenvalue weighted by Crippen LogP contribution is 2.41. The second-order valence-corrected chi connectivity index (χ2v) is 6.56. The zero-order valence-corrected chi connectivity index (χ0v) is 13.0. The molecule has 1 fully saturated rings. The van der Waals surface area contributed by atoms with E-state index in [0.29, 0.717) is 35.8 Å². The molecule has 6 heteroatoms. The molecule has 1 saturated heterocycles. The average molecular weight is 323 g/mol. The zero-order valence-electron chi connectivity index (χ0n) is 12.2. The molecule has 1 unspecified atom stereocenters. The van der Waals surface area contributed by atoms with Gasteiger partial charge >= 0.3 is 0 Å². The van der Waals surface area contributed by atoms with E-state index in [1.807, 2.05) is 34.5 Å². The molecule has 0 saturated carbocycles. The molecular formula is C17H13N3O2S. The fourth-order valence-corrected chi connectivity index (χ4v) is 3.86. The molecule has 5 nitrogen and oxygen atoms in total. The molecular weight excluding hydrogens is 310 g/mol. The highest BCUT2D eigenvalue weighted by molar-refractivity contribution is 7.14. The number of ketones is 1. The Hall–Kier alpha value is -2.49. The number of rotatable bonds is 2. The maximum absolute atomic E-state index is 12.6. The van der Waals surface area contributed by atoms with Crippen LogP contribution in [0.5, 0.6) is 0 Å². The predicted octanol–water partition coefficient (Wildman–Crippen LogP) is 2.68. The molecule has 1 N–H and O–H groups in total. The first-order chi connectivity index (χ1) is 11.1. The summed E-state index contributed by atoms with van der Waals surface area (Å²) in [4.78, 5) is 19.0. The predicted molar refractivity (Wildman–Crippen MR) is 88.4 cm³/mol. The van der Waals surface area contributed by atoms with Gasteiger partial charge in [-0.15, -0.1) is 11.3 Å². The Kier molecular flexibility index (Phi) is 3.08. The van der Waals surface area contributed by atoms with E-state index in [9.17, 15) is 9.90 Å². The van der Waals surface area contributed by atoms with Crippen molar-refractivity contribution in [3.05, 3.63) is 46.8 Å². The summed E-state index contributed by atoms with van der Waals surface area (Å²) in [5.74, 6) is 0.146. The van der Waals surface area contributed by atoms with Crippen LogP contribution in [0.3, 0.4) is 0 Å². The number of hydrogen-bond donors (Lipinski definition) is 1. The zero-order chi connectivity index (χ0) is 16.0. The number of anilines is 1. The average Bonchev–Trinajstić information content (AvgIpc) is 3.15. The lowest BCUT2D eigenvalue weighted by molar-refractivity contribution is 0.0603. The first-order valence-electron chi connectivity index (χ1n) is 7.31. The number of fused-ring (bicyclic) bond motifs is 2. The van der Waals surface area contributed by atoms with E-state index in [1.165, 1.54) is 11.3 Å². The molecule has 3 heterocycles. The molecule has 1 atom stereocenters. The van der Waals surface area contributed by atoms with Gasteiger partial charge in [0.1, 0.15) is 5.00 Å². The summed E-state index contributed by atoms with van der Waals surface area (Å²) in [6.07, 6.45) is 0.697. The lowest BCUT2D eigenvalue weighted by Crippen LogP contribution is -2.48. The van der Waals surface area contributed by atoms with Gasteiger partial charge in [-0.25, -0.2) is 4.99 Å². The van der Waals surface area contributed by atoms with E-state index >= 15 is 0 Å². The minimum Gasteiger partial charge on any atom is -0.374 e. The Bertz CT molecular complexity index is 863. The third-order valence-electron chi connectivity index (χ3n) is 4.33. The van der Waals surface area contributed by atoms with Gasteiger partial charge in [0, 0.05) is 18.7 Å². The molecule has 2 aliphatic heterocycles. The normalized spacial score (nSPS) is 22.3. The summed E-state index contributed by atoms with van der Waals surface area (Å²) >= 11 is 1.40. The Balaban J connectivity index is 1.75. The van der Waals surface area contributed by atoms with E-state index in [2.05, 4.69) is 11.1 Å². The third-order valence-corrected chi connectivity index (χ3v) is 5.13. The van der Waals surface area contributed by atoms with Crippen molar-refractivity contribution in [3.8, 4) is 6.07 Å². The molecule has 0 amide bonds. The summed E-state index contributed by atoms with van der Waals surface area (Å²) in [5, 5.41) is 22.1. The van der Waals surface area contributed by atoms with Crippen LogP contribution < -0.4 is 4.90 Å². The van der Waals surface area contributed by atoms with Crippen LogP contribution in [-0.2, 0) is 6.42 Å². The molecule has 4 rings (SSSR count). The van der Waals surface area contributed by atoms with Crippen molar-refractivity contribution in [2.45, 2.75) is 18.4 Å². The summed E-state index contributed by atoms with van der Waals surface area (Å²) in [6, 6.07) is 11.4. The second kappa shape index (κ2) is 5.01. The first kappa shape index (κ1) is 14.1. The molecule has 0 spiro atoms. The van der Waals surface area contributed by atoms with E-state index in [-0.39, 0.29) is 5.78 Å². The summed E-state index contributed by atoms with van der Waals surface area (Å²) in [6.45, 7) is 0.535. The van der Waals surface area contributed by atoms with Crippen molar-refractivity contribution in [2.75, 3.05) is 11.4 Å². The van der Waals surface area contributed by atoms with Crippen molar-refractivity contribution < 1.29 is 9.90 Å². The topological polar surface area (TPSA) is 76.7 Å². The number of thiophene rings is 1. The largest absolute Gasteiger partial charge is 0.374 e. The number of carbonyl (C=O) groups is 1. The van der Waals surface area contributed by atoms with Gasteiger partial charge in [0.25, 0.3) is 0 Å². The number of carbonyl (C=O) groups excluding carboxylic acids is 1. The van der Waals surface area contributed by atoms with Crippen LogP contribution in [0.1, 0.15) is 22.3 Å². The summed E-state index contributed by atoms with van der Waals surface area (Å²) < 4.78 is 0. The van der Waals surface area contributed by atoms with Gasteiger partial charge in [-0.1, -0.05) is 12.1 Å². The van der Waals surface area contributed by atoms with Gasteiger partial charge in [0.15, 0.2) is 11.4 Å². The number of Topliss-reactive ketones (excluding diaryl/α,β-unsaturated/α-hetero) is 1. The van der Waals surface area contributed by atoms with Crippen LogP contribution >= 0.6 is 11.3 Å². The number of hydrogen-bond acceptors (Lipinski definition) is 6. The minimum atomic E-state index is -1.53. The Morgan fingerprint density at radius 3 is 2.87 bits per heavy atom. The fraction of sp³-hybridized carbons (Fsp3) is 0.235. The van der Waals surface area contributed by atoms with Crippen molar-refractivity contribution in [3.63, 3.8) is 0 Å². The van der Waals surface area contributed by atoms with Gasteiger partial charge in [-0.2, -0.15) is 5.26 Å². The number of amidine groups is 1. The fourth-order valence-electron chi connectivity index (χ4n) is 3.10. The third kappa shape index (κ3) is 2.01. The van der Waals surface area contributed by atoms with Crippen LogP contribution in [0.25, 0.3) is 0 Å². The van der Waals surface area contributed by atoms with Crippen LogP contribution in [0, 0.1) is 11.3 Å². The Morgan fingerprint density at radius 1 is 1.35 bits per heavy atom. The molecule has 2 aliphatic rings. The SMILES string of the molecule is N#CCc1ccc(N2CCC3(O)C(=O)c4ccsc4N=C23)cc1. The van der Waals surface area contributed by atoms with E-state index < -0.39 is 5.60 Å². The monoisotopic (exact) mass is 323 g/mol. The van der Waals surface area contributed by atoms with Crippen molar-refractivity contribution in [2.24, 2.45) is 4.99 Å². The highest BCUT2D eigenvalue weighted by atomic mass is 32.1. The molecule has 0 aliphatic carbocycles. The Labute approximate surface area is 137 Å². The van der Waals surface area contributed by atoms with Crippen LogP contribution in [0.15, 0.2) is 40.7 Å². The van der Waals surface area contributed by atoms with Gasteiger partial charge in [-0.3, -0.25) is 4.79 Å². The Morgan fingerprint density at radius 2 is 2.13 bits per heavy atom. The number of benzene rings is 1. The van der Waals surface area contributed by atoms with E-state index in [4.69, 9.17) is 5.26 Å². The van der Waals surface area contributed by atoms with Crippen molar-refractivity contribution in [1.29, 1.82) is 5.26 Å². The quantitative estimate of drug-likeness (QED) is 0.922. The van der Waals surface area contributed by atoms with Gasteiger partial charge in [0.05, 0.1) is 18.1 Å². The number of nitriles is 1. The molecule has 23 heavy (non-hydrogen) atoms. The van der Waals surface area contributed by atoms with Crippen LogP contribution in [-0.4, -0.2) is 28.9 Å². The maximum atomic E-state index is 12.6. The lowest BCUT2D eigenvalue weighted by Gasteiger charge is -2.28. The van der Waals surface area contributed by atoms with Crippen molar-refractivity contribution in [1.82, 2.24) is 0 Å². The van der Waals surface area contributed by atoms with Crippen LogP contribution in [0.2, 0.25) is 0 Å². The lowest BCUT2D eigenvalue weighted by atomic mass is 9.90. The standard InChI is InChI=1S/C17H13N3O2S/c18-8-5-11-1-3-12(4-2-11)20-9-7-17(22)14(21)13-6-10-23-15(13)19-16(17)20/h1-4,6,10,22H,5,7,9H2. The van der Waals surface area contributed by atoms with E-state index in [1.54, 1.807) is 6.07 Å². The van der Waals surface area contributed by atoms with Crippen molar-refractivity contribution >= 4 is 33.6 Å². The van der Waals surface area contributed by atoms with Gasteiger partial charge in [0.2, 0.25) is 5.78 Å². The van der Waals surface area contributed by atoms with Gasteiger partial charge in [-0.05, 0) is 29.1 Å². The smallest absolute Gasteiger partial charge is 0.205 e. The highest BCUT2D eigenvalue weighted by Gasteiger charge is 2.52. The van der Waals surface area contributed by atoms with Gasteiger partial charge < -0.3 is 10.0 Å². The number of aliphatic imine (C=N–C) groups is 1. The molecule has 1 aromatic heterocycles. The second-order valence-electron chi connectivity index (χ2n) is 5.67. The van der Waals surface area contributed by atoms with E-state index in [0.717, 1.165) is 11.3 Å². The summed E-state index contributed by atoms with van der Waals surface area (Å²) in [5.41, 5.74) is 0.786. The maximum Gasteiger partial charge on any atom is 0.205 e. The molecule has 0 bridgehead atoms.